The van der Waals surface area contributed by atoms with Gasteiger partial charge in [-0.1, -0.05) is 6.08 Å². The molecule has 2 rings (SSSR count). The lowest BCUT2D eigenvalue weighted by molar-refractivity contribution is -0.113. The van der Waals surface area contributed by atoms with Crippen LogP contribution in [0.2, 0.25) is 0 Å². The lowest BCUT2D eigenvalue weighted by atomic mass is 10.1. The Morgan fingerprint density at radius 2 is 1.85 bits per heavy atom. The minimum absolute atomic E-state index is 0.0975. The average molecular weight is 378 g/mol. The summed E-state index contributed by atoms with van der Waals surface area (Å²) in [6.07, 6.45) is 4.89. The molecule has 1 aromatic rings. The molecule has 0 unspecified atom stereocenters. The Bertz CT molecular complexity index is 657. The van der Waals surface area contributed by atoms with Crippen molar-refractivity contribution in [2.75, 3.05) is 44.1 Å². The van der Waals surface area contributed by atoms with Crippen LogP contribution >= 0.6 is 11.8 Å². The molecule has 1 aliphatic heterocycles. The van der Waals surface area contributed by atoms with Gasteiger partial charge in [0.1, 0.15) is 0 Å². The van der Waals surface area contributed by atoms with E-state index < -0.39 is 0 Å². The van der Waals surface area contributed by atoms with Gasteiger partial charge in [0.05, 0.1) is 31.2 Å². The molecule has 1 saturated heterocycles. The number of rotatable bonds is 8. The zero-order chi connectivity index (χ0) is 18.9. The number of ether oxygens (including phenoxy) is 2. The molecule has 2 amide bonds. The molecule has 6 nitrogen and oxygen atoms in total. The van der Waals surface area contributed by atoms with Crippen LogP contribution in [-0.4, -0.2) is 55.5 Å². The molecule has 0 radical (unpaired) electrons. The van der Waals surface area contributed by atoms with Crippen molar-refractivity contribution in [3.63, 3.8) is 0 Å². The van der Waals surface area contributed by atoms with Crippen molar-refractivity contribution in [3.8, 4) is 11.5 Å². The van der Waals surface area contributed by atoms with Gasteiger partial charge in [-0.3, -0.25) is 9.59 Å². The summed E-state index contributed by atoms with van der Waals surface area (Å²) >= 11 is 1.46. The summed E-state index contributed by atoms with van der Waals surface area (Å²) in [5.41, 5.74) is 0.869. The first-order valence-electron chi connectivity index (χ1n) is 8.64. The van der Waals surface area contributed by atoms with Crippen LogP contribution in [0.15, 0.2) is 24.8 Å². The van der Waals surface area contributed by atoms with E-state index in [2.05, 4.69) is 11.9 Å². The van der Waals surface area contributed by atoms with Crippen molar-refractivity contribution in [2.45, 2.75) is 19.3 Å². The van der Waals surface area contributed by atoms with Gasteiger partial charge >= 0.3 is 0 Å². The Morgan fingerprint density at radius 1 is 1.19 bits per heavy atom. The molecule has 0 spiro atoms. The predicted molar refractivity (Wildman–Crippen MR) is 105 cm³/mol. The standard InChI is InChI=1S/C19H26N2O4S/c1-4-10-26-13-18(22)20-15-12-17(25-3)16(24-2)11-14(15)19(23)21-8-6-5-7-9-21/h4,11-12H,1,5-10,13H2,2-3H3,(H,20,22). The fraction of sp³-hybridized carbons (Fsp3) is 0.474. The zero-order valence-electron chi connectivity index (χ0n) is 15.4. The van der Waals surface area contributed by atoms with Crippen LogP contribution in [0.1, 0.15) is 29.6 Å². The molecular weight excluding hydrogens is 352 g/mol. The van der Waals surface area contributed by atoms with Crippen molar-refractivity contribution < 1.29 is 19.1 Å². The number of nitrogens with zero attached hydrogens (tertiary/aromatic N) is 1. The van der Waals surface area contributed by atoms with Crippen LogP contribution in [0.5, 0.6) is 11.5 Å². The largest absolute Gasteiger partial charge is 0.493 e. The van der Waals surface area contributed by atoms with Gasteiger partial charge in [-0.05, 0) is 25.3 Å². The number of carbonyl (C=O) groups is 2. The fourth-order valence-corrected chi connectivity index (χ4v) is 3.39. The lowest BCUT2D eigenvalue weighted by Crippen LogP contribution is -2.36. The molecule has 142 valence electrons. The van der Waals surface area contributed by atoms with Crippen molar-refractivity contribution in [2.24, 2.45) is 0 Å². The van der Waals surface area contributed by atoms with E-state index in [1.807, 2.05) is 4.90 Å². The normalized spacial score (nSPS) is 13.8. The molecule has 0 aromatic heterocycles. The second-order valence-electron chi connectivity index (χ2n) is 5.96. The number of thioether (sulfide) groups is 1. The second-order valence-corrected chi connectivity index (χ2v) is 6.99. The number of carbonyl (C=O) groups excluding carboxylic acids is 2. The monoisotopic (exact) mass is 378 g/mol. The summed E-state index contributed by atoms with van der Waals surface area (Å²) in [6, 6.07) is 3.29. The number of methoxy groups -OCH3 is 2. The van der Waals surface area contributed by atoms with E-state index in [0.717, 1.165) is 32.4 Å². The molecule has 1 fully saturated rings. The van der Waals surface area contributed by atoms with Crippen LogP contribution < -0.4 is 14.8 Å². The number of hydrogen-bond donors (Lipinski definition) is 1. The maximum Gasteiger partial charge on any atom is 0.256 e. The average Bonchev–Trinajstić information content (AvgIpc) is 2.68. The van der Waals surface area contributed by atoms with Gasteiger partial charge in [0.2, 0.25) is 5.91 Å². The molecule has 1 N–H and O–H groups in total. The van der Waals surface area contributed by atoms with Crippen molar-refractivity contribution in [1.82, 2.24) is 4.90 Å². The van der Waals surface area contributed by atoms with Gasteiger partial charge in [-0.15, -0.1) is 18.3 Å². The molecule has 26 heavy (non-hydrogen) atoms. The molecular formula is C19H26N2O4S. The van der Waals surface area contributed by atoms with Gasteiger partial charge in [-0.25, -0.2) is 0 Å². The van der Waals surface area contributed by atoms with Crippen LogP contribution in [0.3, 0.4) is 0 Å². The Morgan fingerprint density at radius 3 is 2.46 bits per heavy atom. The first-order chi connectivity index (χ1) is 12.6. The topological polar surface area (TPSA) is 67.9 Å². The molecule has 1 aliphatic rings. The molecule has 0 saturated carbocycles. The number of hydrogen-bond acceptors (Lipinski definition) is 5. The predicted octanol–water partition coefficient (Wildman–Crippen LogP) is 3.19. The molecule has 7 heteroatoms. The summed E-state index contributed by atoms with van der Waals surface area (Å²) in [5.74, 6) is 1.65. The SMILES string of the molecule is C=CCSCC(=O)Nc1cc(OC)c(OC)cc1C(=O)N1CCCCC1. The number of amides is 2. The minimum atomic E-state index is -0.170. The third-order valence-electron chi connectivity index (χ3n) is 4.14. The van der Waals surface area contributed by atoms with Gasteiger partial charge in [-0.2, -0.15) is 0 Å². The number of likely N-dealkylation sites (tertiary alicyclic amines) is 1. The number of anilines is 1. The highest BCUT2D eigenvalue weighted by molar-refractivity contribution is 8.00. The summed E-state index contributed by atoms with van der Waals surface area (Å²) in [7, 11) is 3.05. The molecule has 0 atom stereocenters. The quantitative estimate of drug-likeness (QED) is 0.556. The highest BCUT2D eigenvalue weighted by Gasteiger charge is 2.24. The van der Waals surface area contributed by atoms with Gasteiger partial charge in [0.25, 0.3) is 5.91 Å². The van der Waals surface area contributed by atoms with Gasteiger partial charge in [0.15, 0.2) is 11.5 Å². The van der Waals surface area contributed by atoms with E-state index in [4.69, 9.17) is 9.47 Å². The Hall–Kier alpha value is -2.15. The second kappa shape index (κ2) is 10.1. The highest BCUT2D eigenvalue weighted by Crippen LogP contribution is 2.34. The smallest absolute Gasteiger partial charge is 0.256 e. The van der Waals surface area contributed by atoms with E-state index >= 15 is 0 Å². The Balaban J connectivity index is 2.28. The maximum atomic E-state index is 13.0. The third-order valence-corrected chi connectivity index (χ3v) is 5.08. The van der Waals surface area contributed by atoms with E-state index in [9.17, 15) is 9.59 Å². The number of nitrogens with one attached hydrogen (secondary N) is 1. The third kappa shape index (κ3) is 5.17. The maximum absolute atomic E-state index is 13.0. The molecule has 1 aromatic carbocycles. The fourth-order valence-electron chi connectivity index (χ4n) is 2.85. The summed E-state index contributed by atoms with van der Waals surface area (Å²) in [6.45, 7) is 5.10. The van der Waals surface area contributed by atoms with Gasteiger partial charge < -0.3 is 19.7 Å². The van der Waals surface area contributed by atoms with E-state index in [1.54, 1.807) is 18.2 Å². The van der Waals surface area contributed by atoms with E-state index in [-0.39, 0.29) is 17.6 Å². The van der Waals surface area contributed by atoms with Crippen LogP contribution in [0.25, 0.3) is 0 Å². The number of piperidine rings is 1. The van der Waals surface area contributed by atoms with Crippen molar-refractivity contribution in [1.29, 1.82) is 0 Å². The van der Waals surface area contributed by atoms with E-state index in [1.165, 1.54) is 26.0 Å². The molecule has 0 bridgehead atoms. The van der Waals surface area contributed by atoms with Crippen LogP contribution in [0.4, 0.5) is 5.69 Å². The Labute approximate surface area is 158 Å². The first-order valence-corrected chi connectivity index (χ1v) is 9.80. The summed E-state index contributed by atoms with van der Waals surface area (Å²) in [5, 5.41) is 2.84. The van der Waals surface area contributed by atoms with E-state index in [0.29, 0.717) is 28.5 Å². The highest BCUT2D eigenvalue weighted by atomic mass is 32.2. The first kappa shape index (κ1) is 20.2. The Kier molecular flexibility index (Phi) is 7.84. The van der Waals surface area contributed by atoms with Crippen molar-refractivity contribution in [3.05, 3.63) is 30.4 Å². The minimum Gasteiger partial charge on any atom is -0.493 e. The molecule has 1 heterocycles. The zero-order valence-corrected chi connectivity index (χ0v) is 16.2. The lowest BCUT2D eigenvalue weighted by Gasteiger charge is -2.28. The van der Waals surface area contributed by atoms with Crippen molar-refractivity contribution >= 4 is 29.3 Å². The van der Waals surface area contributed by atoms with Crippen LogP contribution in [-0.2, 0) is 4.79 Å². The molecule has 0 aliphatic carbocycles. The number of benzene rings is 1. The summed E-state index contributed by atoms with van der Waals surface area (Å²) < 4.78 is 10.6. The summed E-state index contributed by atoms with van der Waals surface area (Å²) in [4.78, 5) is 27.0. The van der Waals surface area contributed by atoms with Gasteiger partial charge in [0, 0.05) is 24.9 Å². The van der Waals surface area contributed by atoms with Crippen LogP contribution in [0, 0.1) is 0 Å².